The van der Waals surface area contributed by atoms with E-state index in [1.165, 1.54) is 73.1 Å². The maximum absolute atomic E-state index is 13.3. The molecule has 3 nitrogen and oxygen atoms in total. The topological polar surface area (TPSA) is 35.0 Å². The summed E-state index contributed by atoms with van der Waals surface area (Å²) < 4.78 is 85.8. The maximum atomic E-state index is 13.3. The molecule has 168 valence electrons. The summed E-state index contributed by atoms with van der Waals surface area (Å²) in [7, 11) is 0. The number of benzene rings is 2. The largest absolute Gasteiger partial charge is 0.457 e. The van der Waals surface area contributed by atoms with Gasteiger partial charge in [-0.05, 0) is 48.5 Å². The number of pyridine rings is 2. The molecule has 4 aromatic rings. The van der Waals surface area contributed by atoms with E-state index in [0.29, 0.717) is 0 Å². The van der Waals surface area contributed by atoms with E-state index in [0.717, 1.165) is 12.1 Å². The van der Waals surface area contributed by atoms with E-state index in [4.69, 9.17) is 4.74 Å². The number of aromatic nitrogens is 2. The van der Waals surface area contributed by atoms with Gasteiger partial charge in [0.15, 0.2) is 0 Å². The zero-order valence-electron chi connectivity index (χ0n) is 16.7. The van der Waals surface area contributed by atoms with Crippen molar-refractivity contribution in [1.29, 1.82) is 0 Å². The summed E-state index contributed by atoms with van der Waals surface area (Å²) in [5, 5.41) is 0. The maximum Gasteiger partial charge on any atom is 0.418 e. The van der Waals surface area contributed by atoms with Gasteiger partial charge in [0, 0.05) is 23.5 Å². The number of halogens is 6. The molecule has 0 aliphatic carbocycles. The Morgan fingerprint density at radius 2 is 0.970 bits per heavy atom. The Morgan fingerprint density at radius 1 is 0.545 bits per heavy atom. The second-order valence-corrected chi connectivity index (χ2v) is 6.95. The van der Waals surface area contributed by atoms with Crippen LogP contribution in [-0.2, 0) is 12.4 Å². The predicted molar refractivity (Wildman–Crippen MR) is 109 cm³/mol. The summed E-state index contributed by atoms with van der Waals surface area (Å²) in [5.74, 6) is 0.390. The summed E-state index contributed by atoms with van der Waals surface area (Å²) in [6.07, 6.45) is -6.67. The molecule has 0 fully saturated rings. The minimum absolute atomic E-state index is 0.181. The Hall–Kier alpha value is -3.88. The standard InChI is InChI=1S/C24H14F6N2O/c25-23(26,27)19-9-3-11-31-21(19)15-5-1-7-17(13-15)33-18-8-2-6-16(14-18)22-20(24(28,29)30)10-4-12-32-22/h1-14H. The van der Waals surface area contributed by atoms with Crippen LogP contribution >= 0.6 is 0 Å². The van der Waals surface area contributed by atoms with Crippen molar-refractivity contribution in [1.82, 2.24) is 9.97 Å². The Balaban J connectivity index is 1.67. The molecular weight excluding hydrogens is 446 g/mol. The smallest absolute Gasteiger partial charge is 0.418 e. The van der Waals surface area contributed by atoms with Crippen LogP contribution in [0.5, 0.6) is 11.5 Å². The van der Waals surface area contributed by atoms with Crippen molar-refractivity contribution in [2.75, 3.05) is 0 Å². The Labute approximate surface area is 184 Å². The van der Waals surface area contributed by atoms with Crippen molar-refractivity contribution in [2.45, 2.75) is 12.4 Å². The van der Waals surface area contributed by atoms with E-state index in [-0.39, 0.29) is 34.0 Å². The van der Waals surface area contributed by atoms with Crippen molar-refractivity contribution in [3.8, 4) is 34.0 Å². The van der Waals surface area contributed by atoms with Gasteiger partial charge in [0.2, 0.25) is 0 Å². The summed E-state index contributed by atoms with van der Waals surface area (Å²) in [5.41, 5.74) is -1.93. The van der Waals surface area contributed by atoms with Crippen molar-refractivity contribution >= 4 is 0 Å². The molecule has 2 aromatic heterocycles. The van der Waals surface area contributed by atoms with Crippen LogP contribution in [0.4, 0.5) is 26.3 Å². The van der Waals surface area contributed by atoms with E-state index in [1.54, 1.807) is 0 Å². The molecule has 0 radical (unpaired) electrons. The van der Waals surface area contributed by atoms with E-state index < -0.39 is 23.5 Å². The van der Waals surface area contributed by atoms with Crippen LogP contribution in [0.2, 0.25) is 0 Å². The summed E-state index contributed by atoms with van der Waals surface area (Å²) in [4.78, 5) is 7.72. The zero-order valence-corrected chi connectivity index (χ0v) is 16.7. The molecule has 0 saturated carbocycles. The van der Waals surface area contributed by atoms with Crippen molar-refractivity contribution in [2.24, 2.45) is 0 Å². The number of alkyl halides is 6. The van der Waals surface area contributed by atoms with Gasteiger partial charge in [-0.15, -0.1) is 0 Å². The van der Waals surface area contributed by atoms with Crippen LogP contribution < -0.4 is 4.74 Å². The van der Waals surface area contributed by atoms with E-state index in [1.807, 2.05) is 0 Å². The molecule has 2 heterocycles. The van der Waals surface area contributed by atoms with Crippen LogP contribution in [0.1, 0.15) is 11.1 Å². The minimum Gasteiger partial charge on any atom is -0.457 e. The molecule has 0 saturated heterocycles. The lowest BCUT2D eigenvalue weighted by Gasteiger charge is -2.14. The third kappa shape index (κ3) is 4.97. The molecule has 0 aliphatic heterocycles. The number of rotatable bonds is 4. The third-order valence-corrected chi connectivity index (χ3v) is 4.68. The van der Waals surface area contributed by atoms with Gasteiger partial charge in [-0.3, -0.25) is 9.97 Å². The monoisotopic (exact) mass is 460 g/mol. The average molecular weight is 460 g/mol. The Kier molecular flexibility index (Phi) is 5.80. The number of ether oxygens (including phenoxy) is 1. The summed E-state index contributed by atoms with van der Waals surface area (Å²) in [6.45, 7) is 0. The van der Waals surface area contributed by atoms with Crippen LogP contribution in [0.15, 0.2) is 85.2 Å². The number of hydrogen-bond donors (Lipinski definition) is 0. The fraction of sp³-hybridized carbons (Fsp3) is 0.0833. The molecule has 0 atom stereocenters. The van der Waals surface area contributed by atoms with Crippen molar-refractivity contribution in [3.05, 3.63) is 96.3 Å². The molecule has 0 unspecified atom stereocenters. The van der Waals surface area contributed by atoms with E-state index in [9.17, 15) is 26.3 Å². The van der Waals surface area contributed by atoms with Gasteiger partial charge >= 0.3 is 12.4 Å². The second kappa shape index (κ2) is 8.57. The first-order chi connectivity index (χ1) is 15.6. The van der Waals surface area contributed by atoms with Crippen LogP contribution in [0, 0.1) is 0 Å². The van der Waals surface area contributed by atoms with Crippen LogP contribution in [0.25, 0.3) is 22.5 Å². The van der Waals surface area contributed by atoms with Crippen molar-refractivity contribution in [3.63, 3.8) is 0 Å². The zero-order chi connectivity index (χ0) is 23.6. The fourth-order valence-electron chi connectivity index (χ4n) is 3.28. The Morgan fingerprint density at radius 3 is 1.36 bits per heavy atom. The number of nitrogens with zero attached hydrogens (tertiary/aromatic N) is 2. The van der Waals surface area contributed by atoms with Crippen molar-refractivity contribution < 1.29 is 31.1 Å². The first-order valence-corrected chi connectivity index (χ1v) is 9.56. The highest BCUT2D eigenvalue weighted by Crippen LogP contribution is 2.38. The van der Waals surface area contributed by atoms with E-state index in [2.05, 4.69) is 9.97 Å². The van der Waals surface area contributed by atoms with Crippen LogP contribution in [0.3, 0.4) is 0 Å². The summed E-state index contributed by atoms with van der Waals surface area (Å²) >= 11 is 0. The van der Waals surface area contributed by atoms with Gasteiger partial charge in [0.05, 0.1) is 22.5 Å². The Bertz CT molecular complexity index is 1190. The highest BCUT2D eigenvalue weighted by atomic mass is 19.4. The highest BCUT2D eigenvalue weighted by Gasteiger charge is 2.35. The molecule has 2 aromatic carbocycles. The fourth-order valence-corrected chi connectivity index (χ4v) is 3.28. The lowest BCUT2D eigenvalue weighted by atomic mass is 10.0. The van der Waals surface area contributed by atoms with Gasteiger partial charge in [-0.25, -0.2) is 0 Å². The lowest BCUT2D eigenvalue weighted by Crippen LogP contribution is -2.08. The normalized spacial score (nSPS) is 11.9. The van der Waals surface area contributed by atoms with Gasteiger partial charge in [0.1, 0.15) is 11.5 Å². The molecule has 0 N–H and O–H groups in total. The van der Waals surface area contributed by atoms with Gasteiger partial charge in [-0.2, -0.15) is 26.3 Å². The highest BCUT2D eigenvalue weighted by molar-refractivity contribution is 5.67. The average Bonchev–Trinajstić information content (AvgIpc) is 2.78. The molecule has 0 bridgehead atoms. The van der Waals surface area contributed by atoms with Gasteiger partial charge in [0.25, 0.3) is 0 Å². The van der Waals surface area contributed by atoms with Gasteiger partial charge in [-0.1, -0.05) is 24.3 Å². The predicted octanol–water partition coefficient (Wildman–Crippen LogP) is 7.64. The molecule has 0 amide bonds. The number of hydrogen-bond acceptors (Lipinski definition) is 3. The third-order valence-electron chi connectivity index (χ3n) is 4.68. The van der Waals surface area contributed by atoms with E-state index >= 15 is 0 Å². The minimum atomic E-state index is -4.59. The summed E-state index contributed by atoms with van der Waals surface area (Å²) in [6, 6.07) is 16.0. The molecular formula is C24H14F6N2O. The molecule has 33 heavy (non-hydrogen) atoms. The first kappa shape index (κ1) is 22.3. The SMILES string of the molecule is FC(F)(F)c1cccnc1-c1cccc(Oc2cccc(-c3ncccc3C(F)(F)F)c2)c1. The first-order valence-electron chi connectivity index (χ1n) is 9.56. The van der Waals surface area contributed by atoms with Gasteiger partial charge < -0.3 is 4.74 Å². The second-order valence-electron chi connectivity index (χ2n) is 6.95. The molecule has 9 heteroatoms. The molecule has 0 spiro atoms. The van der Waals surface area contributed by atoms with Crippen LogP contribution in [-0.4, -0.2) is 9.97 Å². The lowest BCUT2D eigenvalue weighted by molar-refractivity contribution is -0.138. The molecule has 0 aliphatic rings. The molecule has 4 rings (SSSR count). The quantitative estimate of drug-likeness (QED) is 0.294.